The molecule has 2 aromatic heterocycles. The van der Waals surface area contributed by atoms with Crippen molar-refractivity contribution in [3.05, 3.63) is 47.8 Å². The Labute approximate surface area is 239 Å². The first kappa shape index (κ1) is 28.3. The Morgan fingerprint density at radius 3 is 2.44 bits per heavy atom. The topological polar surface area (TPSA) is 112 Å². The van der Waals surface area contributed by atoms with Crippen molar-refractivity contribution in [3.8, 4) is 17.2 Å². The molecule has 2 atom stereocenters. The van der Waals surface area contributed by atoms with Gasteiger partial charge in [-0.15, -0.1) is 5.10 Å². The number of rotatable bonds is 7. The number of anilines is 1. The summed E-state index contributed by atoms with van der Waals surface area (Å²) < 4.78 is 23.8. The number of amides is 1. The molecule has 3 heterocycles. The van der Waals surface area contributed by atoms with E-state index in [2.05, 4.69) is 12.2 Å². The highest BCUT2D eigenvalue weighted by Gasteiger charge is 2.34. The summed E-state index contributed by atoms with van der Waals surface area (Å²) in [5.41, 5.74) is 1.78. The molecule has 1 aliphatic rings. The molecule has 218 valence electrons. The van der Waals surface area contributed by atoms with Gasteiger partial charge in [-0.2, -0.15) is 4.52 Å². The molecule has 1 aliphatic heterocycles. The molecule has 0 spiro atoms. The third-order valence-corrected chi connectivity index (χ3v) is 7.10. The fourth-order valence-electron chi connectivity index (χ4n) is 5.21. The minimum Gasteiger partial charge on any atom is -0.497 e. The quantitative estimate of drug-likeness (QED) is 0.322. The van der Waals surface area contributed by atoms with Crippen LogP contribution >= 0.6 is 0 Å². The maximum absolute atomic E-state index is 12.9. The number of piperidine rings is 1. The Hall–Kier alpha value is -4.28. The summed E-state index contributed by atoms with van der Waals surface area (Å²) in [6, 6.07) is 11.4. The average molecular weight is 563 g/mol. The lowest BCUT2D eigenvalue weighted by atomic mass is 9.90. The number of carbonyl (C=O) groups excluding carboxylic acids is 1. The number of fused-ring (bicyclic) bond motifs is 3. The minimum atomic E-state index is -0.562. The molecule has 11 heteroatoms. The van der Waals surface area contributed by atoms with Gasteiger partial charge < -0.3 is 29.2 Å². The minimum absolute atomic E-state index is 0.0472. The Morgan fingerprint density at radius 1 is 1.00 bits per heavy atom. The van der Waals surface area contributed by atoms with Crippen LogP contribution in [0, 0.1) is 5.92 Å². The molecule has 0 aliphatic carbocycles. The number of benzene rings is 2. The summed E-state index contributed by atoms with van der Waals surface area (Å²) in [6.07, 6.45) is 0.550. The van der Waals surface area contributed by atoms with Gasteiger partial charge in [0.25, 0.3) is 0 Å². The zero-order valence-corrected chi connectivity index (χ0v) is 24.7. The number of methoxy groups -OCH3 is 3. The summed E-state index contributed by atoms with van der Waals surface area (Å²) in [4.78, 5) is 24.6. The molecule has 1 fully saturated rings. The highest BCUT2D eigenvalue weighted by Crippen LogP contribution is 2.32. The van der Waals surface area contributed by atoms with Crippen LogP contribution in [0.5, 0.6) is 17.2 Å². The predicted octanol–water partition coefficient (Wildman–Crippen LogP) is 5.28. The maximum Gasteiger partial charge on any atom is 0.410 e. The first-order chi connectivity index (χ1) is 19.6. The molecule has 1 saturated heterocycles. The first-order valence-electron chi connectivity index (χ1n) is 13.8. The van der Waals surface area contributed by atoms with Crippen LogP contribution in [0.2, 0.25) is 0 Å². The highest BCUT2D eigenvalue weighted by atomic mass is 16.6. The van der Waals surface area contributed by atoms with Gasteiger partial charge >= 0.3 is 6.09 Å². The zero-order valence-electron chi connectivity index (χ0n) is 24.7. The average Bonchev–Trinajstić information content (AvgIpc) is 3.40. The van der Waals surface area contributed by atoms with Crippen LogP contribution in [0.3, 0.4) is 0 Å². The molecule has 0 radical (unpaired) electrons. The molecule has 2 unspecified atom stereocenters. The van der Waals surface area contributed by atoms with Crippen LogP contribution in [-0.2, 0) is 11.3 Å². The normalized spacial score (nSPS) is 17.5. The monoisotopic (exact) mass is 562 g/mol. The van der Waals surface area contributed by atoms with Crippen molar-refractivity contribution in [1.29, 1.82) is 0 Å². The Morgan fingerprint density at radius 2 is 1.73 bits per heavy atom. The van der Waals surface area contributed by atoms with E-state index in [4.69, 9.17) is 34.0 Å². The van der Waals surface area contributed by atoms with Gasteiger partial charge in [-0.25, -0.2) is 14.8 Å². The second kappa shape index (κ2) is 11.3. The van der Waals surface area contributed by atoms with Crippen molar-refractivity contribution >= 4 is 28.6 Å². The lowest BCUT2D eigenvalue weighted by Gasteiger charge is -2.36. The van der Waals surface area contributed by atoms with Gasteiger partial charge in [-0.3, -0.25) is 0 Å². The lowest BCUT2D eigenvalue weighted by Crippen LogP contribution is -2.45. The number of nitrogens with zero attached hydrogens (tertiary/aromatic N) is 5. The van der Waals surface area contributed by atoms with Crippen molar-refractivity contribution in [3.63, 3.8) is 0 Å². The fourth-order valence-corrected chi connectivity index (χ4v) is 5.21. The summed E-state index contributed by atoms with van der Waals surface area (Å²) in [6.45, 7) is 9.33. The Balaban J connectivity index is 1.52. The molecule has 5 rings (SSSR count). The molecule has 0 saturated carbocycles. The second-order valence-electron chi connectivity index (χ2n) is 11.5. The fraction of sp³-hybridized carbons (Fsp3) is 0.467. The number of likely N-dealkylation sites (tertiary alicyclic amines) is 1. The van der Waals surface area contributed by atoms with E-state index >= 15 is 0 Å². The number of hydrogen-bond acceptors (Lipinski definition) is 9. The molecule has 11 nitrogen and oxygen atoms in total. The summed E-state index contributed by atoms with van der Waals surface area (Å²) >= 11 is 0. The molecular weight excluding hydrogens is 524 g/mol. The van der Waals surface area contributed by atoms with Gasteiger partial charge in [-0.1, -0.05) is 6.92 Å². The number of carbonyl (C=O) groups is 1. The molecule has 2 aromatic carbocycles. The largest absolute Gasteiger partial charge is 0.497 e. The zero-order chi connectivity index (χ0) is 29.3. The molecule has 4 aromatic rings. The van der Waals surface area contributed by atoms with Gasteiger partial charge in [0.15, 0.2) is 11.5 Å². The van der Waals surface area contributed by atoms with E-state index < -0.39 is 5.60 Å². The van der Waals surface area contributed by atoms with Crippen LogP contribution in [0.1, 0.15) is 51.4 Å². The van der Waals surface area contributed by atoms with Crippen molar-refractivity contribution in [1.82, 2.24) is 24.5 Å². The van der Waals surface area contributed by atoms with E-state index in [1.54, 1.807) is 30.7 Å². The van der Waals surface area contributed by atoms with Gasteiger partial charge in [-0.05, 0) is 57.4 Å². The first-order valence-corrected chi connectivity index (χ1v) is 13.8. The van der Waals surface area contributed by atoms with Crippen molar-refractivity contribution in [2.24, 2.45) is 5.92 Å². The van der Waals surface area contributed by atoms with Crippen LogP contribution in [-0.4, -0.2) is 70.6 Å². The van der Waals surface area contributed by atoms with E-state index in [1.165, 1.54) is 0 Å². The van der Waals surface area contributed by atoms with E-state index in [0.717, 1.165) is 22.9 Å². The van der Waals surface area contributed by atoms with Crippen molar-refractivity contribution in [2.75, 3.05) is 39.7 Å². The molecule has 41 heavy (non-hydrogen) atoms. The van der Waals surface area contributed by atoms with Crippen LogP contribution in [0.15, 0.2) is 36.4 Å². The molecule has 1 amide bonds. The van der Waals surface area contributed by atoms with Crippen molar-refractivity contribution < 1.29 is 23.7 Å². The lowest BCUT2D eigenvalue weighted by molar-refractivity contribution is 0.0148. The third kappa shape index (κ3) is 6.08. The number of ether oxygens (including phenoxy) is 4. The summed E-state index contributed by atoms with van der Waals surface area (Å²) in [5.74, 6) is 3.54. The van der Waals surface area contributed by atoms with Crippen LogP contribution in [0.4, 0.5) is 10.7 Å². The Bertz CT molecular complexity index is 1560. The molecular formula is C30H38N6O5. The summed E-state index contributed by atoms with van der Waals surface area (Å²) in [7, 11) is 4.88. The standard InChI is InChI=1S/C30H38N6O5/c1-18-12-20(17-35(16-18)29(37)41-30(2,3)4)26-33-27-23-11-10-21(38-5)13-24(23)32-28(36(27)34-26)31-15-19-8-9-22(39-6)14-25(19)40-7/h8-11,13-14,18,20H,12,15-17H2,1-7H3,(H,31,32). The summed E-state index contributed by atoms with van der Waals surface area (Å²) in [5, 5.41) is 9.21. The van der Waals surface area contributed by atoms with Gasteiger partial charge in [0, 0.05) is 48.6 Å². The number of nitrogens with one attached hydrogen (secondary N) is 1. The second-order valence-corrected chi connectivity index (χ2v) is 11.5. The number of hydrogen-bond donors (Lipinski definition) is 1. The van der Waals surface area contributed by atoms with Gasteiger partial charge in [0.1, 0.15) is 22.8 Å². The number of aromatic nitrogens is 4. The van der Waals surface area contributed by atoms with Crippen LogP contribution < -0.4 is 19.5 Å². The SMILES string of the molecule is COc1ccc(CNc2nc3cc(OC)ccc3c3nc(C4CC(C)CN(C(=O)OC(C)(C)C)C4)nn23)c(OC)c1. The maximum atomic E-state index is 12.9. The predicted molar refractivity (Wildman–Crippen MR) is 156 cm³/mol. The van der Waals surface area contributed by atoms with E-state index in [1.807, 2.05) is 57.2 Å². The van der Waals surface area contributed by atoms with Crippen LogP contribution in [0.25, 0.3) is 16.6 Å². The van der Waals surface area contributed by atoms with Gasteiger partial charge in [0.2, 0.25) is 5.95 Å². The molecule has 1 N–H and O–H groups in total. The highest BCUT2D eigenvalue weighted by molar-refractivity contribution is 5.93. The van der Waals surface area contributed by atoms with E-state index in [-0.39, 0.29) is 17.9 Å². The smallest absolute Gasteiger partial charge is 0.410 e. The van der Waals surface area contributed by atoms with E-state index in [9.17, 15) is 4.79 Å². The Kier molecular flexibility index (Phi) is 7.79. The van der Waals surface area contributed by atoms with Crippen molar-refractivity contribution in [2.45, 2.75) is 52.2 Å². The van der Waals surface area contributed by atoms with Gasteiger partial charge in [0.05, 0.1) is 26.8 Å². The van der Waals surface area contributed by atoms with E-state index in [0.29, 0.717) is 54.3 Å². The third-order valence-electron chi connectivity index (χ3n) is 7.10. The molecule has 0 bridgehead atoms.